The summed E-state index contributed by atoms with van der Waals surface area (Å²) in [6.45, 7) is 3.79. The van der Waals surface area contributed by atoms with Crippen LogP contribution in [0.15, 0.2) is 36.8 Å². The van der Waals surface area contributed by atoms with Gasteiger partial charge in [-0.3, -0.25) is 9.78 Å². The summed E-state index contributed by atoms with van der Waals surface area (Å²) >= 11 is 0. The zero-order valence-electron chi connectivity index (χ0n) is 15.8. The maximum atomic E-state index is 12.5. The Kier molecular flexibility index (Phi) is 6.72. The summed E-state index contributed by atoms with van der Waals surface area (Å²) in [6.07, 6.45) is 6.08. The minimum absolute atomic E-state index is 0.0000517. The van der Waals surface area contributed by atoms with Crippen LogP contribution in [0, 0.1) is 0 Å². The summed E-state index contributed by atoms with van der Waals surface area (Å²) in [5, 5.41) is 6.07. The summed E-state index contributed by atoms with van der Waals surface area (Å²) < 4.78 is 5.01. The lowest BCUT2D eigenvalue weighted by molar-refractivity contribution is 0.0856. The molecule has 0 aromatic carbocycles. The molecule has 0 radical (unpaired) electrons. The molecule has 0 saturated carbocycles. The van der Waals surface area contributed by atoms with Crippen LogP contribution in [-0.2, 0) is 11.3 Å². The first-order valence-electron chi connectivity index (χ1n) is 9.34. The number of likely N-dealkylation sites (tertiary alicyclic amines) is 1. The van der Waals surface area contributed by atoms with Crippen molar-refractivity contribution in [2.45, 2.75) is 32.4 Å². The van der Waals surface area contributed by atoms with Crippen LogP contribution in [-0.4, -0.2) is 57.6 Å². The largest absolute Gasteiger partial charge is 0.450 e. The third kappa shape index (κ3) is 5.38. The highest BCUT2D eigenvalue weighted by Gasteiger charge is 2.25. The average molecular weight is 384 g/mol. The fraction of sp³-hybridized carbons (Fsp3) is 0.421. The molecule has 9 nitrogen and oxygen atoms in total. The molecule has 1 aliphatic rings. The minimum atomic E-state index is -0.299. The van der Waals surface area contributed by atoms with E-state index in [1.807, 2.05) is 12.1 Å². The van der Waals surface area contributed by atoms with Gasteiger partial charge in [0.2, 0.25) is 5.95 Å². The lowest BCUT2D eigenvalue weighted by atomic mass is 10.1. The first-order valence-corrected chi connectivity index (χ1v) is 9.34. The van der Waals surface area contributed by atoms with Crippen molar-refractivity contribution in [3.8, 4) is 0 Å². The number of anilines is 1. The average Bonchev–Trinajstić information content (AvgIpc) is 2.74. The number of carbonyl (C=O) groups excluding carboxylic acids is 2. The molecule has 0 bridgehead atoms. The Morgan fingerprint density at radius 3 is 2.79 bits per heavy atom. The zero-order chi connectivity index (χ0) is 19.8. The molecule has 1 saturated heterocycles. The normalized spacial score (nSPS) is 14.4. The molecular formula is C19H24N6O3. The fourth-order valence-corrected chi connectivity index (χ4v) is 2.93. The number of ether oxygens (including phenoxy) is 1. The van der Waals surface area contributed by atoms with E-state index in [4.69, 9.17) is 4.74 Å². The van der Waals surface area contributed by atoms with Crippen molar-refractivity contribution in [1.29, 1.82) is 0 Å². The fourth-order valence-electron chi connectivity index (χ4n) is 2.93. The minimum Gasteiger partial charge on any atom is -0.450 e. The van der Waals surface area contributed by atoms with Gasteiger partial charge < -0.3 is 20.3 Å². The SMILES string of the molecule is CCOC(=O)N1CCC(NC(=O)c2ccnc(NCc3cccnc3)n2)CC1. The van der Waals surface area contributed by atoms with Gasteiger partial charge in [0.25, 0.3) is 5.91 Å². The molecule has 2 aromatic heterocycles. The summed E-state index contributed by atoms with van der Waals surface area (Å²) in [5.41, 5.74) is 1.30. The van der Waals surface area contributed by atoms with Crippen LogP contribution in [0.4, 0.5) is 10.7 Å². The maximum Gasteiger partial charge on any atom is 0.409 e. The molecule has 0 atom stereocenters. The molecule has 2 N–H and O–H groups in total. The standard InChI is InChI=1S/C19H24N6O3/c1-2-28-19(27)25-10-6-15(7-11-25)23-17(26)16-5-9-21-18(24-16)22-13-14-4-3-8-20-12-14/h3-5,8-9,12,15H,2,6-7,10-11,13H2,1H3,(H,23,26)(H,21,22,24). The molecule has 0 spiro atoms. The van der Waals surface area contributed by atoms with E-state index in [1.165, 1.54) is 0 Å². The second-order valence-electron chi connectivity index (χ2n) is 6.41. The van der Waals surface area contributed by atoms with Gasteiger partial charge in [0.05, 0.1) is 6.61 Å². The van der Waals surface area contributed by atoms with Crippen molar-refractivity contribution in [2.24, 2.45) is 0 Å². The lowest BCUT2D eigenvalue weighted by Gasteiger charge is -2.31. The van der Waals surface area contributed by atoms with E-state index in [-0.39, 0.29) is 18.0 Å². The summed E-state index contributed by atoms with van der Waals surface area (Å²) in [6, 6.07) is 5.38. The third-order valence-corrected chi connectivity index (χ3v) is 4.42. The van der Waals surface area contributed by atoms with Crippen molar-refractivity contribution in [1.82, 2.24) is 25.2 Å². The maximum absolute atomic E-state index is 12.5. The van der Waals surface area contributed by atoms with Gasteiger partial charge in [-0.1, -0.05) is 6.07 Å². The lowest BCUT2D eigenvalue weighted by Crippen LogP contribution is -2.46. The molecule has 1 fully saturated rings. The molecule has 28 heavy (non-hydrogen) atoms. The van der Waals surface area contributed by atoms with Crippen LogP contribution in [0.2, 0.25) is 0 Å². The number of pyridine rings is 1. The zero-order valence-corrected chi connectivity index (χ0v) is 15.8. The van der Waals surface area contributed by atoms with E-state index in [0.29, 0.717) is 50.7 Å². The Morgan fingerprint density at radius 1 is 1.25 bits per heavy atom. The summed E-state index contributed by atoms with van der Waals surface area (Å²) in [5.74, 6) is 0.134. The number of aromatic nitrogens is 3. The molecule has 3 heterocycles. The second kappa shape index (κ2) is 9.63. The van der Waals surface area contributed by atoms with Crippen LogP contribution in [0.1, 0.15) is 35.8 Å². The smallest absolute Gasteiger partial charge is 0.409 e. The molecule has 9 heteroatoms. The Hall–Kier alpha value is -3.23. The highest BCUT2D eigenvalue weighted by atomic mass is 16.6. The van der Waals surface area contributed by atoms with E-state index in [1.54, 1.807) is 36.5 Å². The molecule has 2 aromatic rings. The highest BCUT2D eigenvalue weighted by molar-refractivity contribution is 5.92. The predicted molar refractivity (Wildman–Crippen MR) is 103 cm³/mol. The van der Waals surface area contributed by atoms with Gasteiger partial charge in [-0.05, 0) is 37.5 Å². The van der Waals surface area contributed by atoms with Gasteiger partial charge in [0, 0.05) is 44.3 Å². The molecule has 0 aliphatic carbocycles. The van der Waals surface area contributed by atoms with Crippen LogP contribution in [0.3, 0.4) is 0 Å². The van der Waals surface area contributed by atoms with Crippen LogP contribution >= 0.6 is 0 Å². The summed E-state index contributed by atoms with van der Waals surface area (Å²) in [7, 11) is 0. The molecule has 2 amide bonds. The van der Waals surface area contributed by atoms with Gasteiger partial charge in [-0.15, -0.1) is 0 Å². The molecule has 1 aliphatic heterocycles. The van der Waals surface area contributed by atoms with E-state index in [2.05, 4.69) is 25.6 Å². The van der Waals surface area contributed by atoms with Crippen LogP contribution in [0.5, 0.6) is 0 Å². The number of hydrogen-bond acceptors (Lipinski definition) is 7. The Labute approximate surface area is 163 Å². The Balaban J connectivity index is 1.50. The van der Waals surface area contributed by atoms with Gasteiger partial charge in [-0.25, -0.2) is 14.8 Å². The topological polar surface area (TPSA) is 109 Å². The monoisotopic (exact) mass is 384 g/mol. The number of amides is 2. The van der Waals surface area contributed by atoms with Crippen molar-refractivity contribution in [2.75, 3.05) is 25.0 Å². The van der Waals surface area contributed by atoms with E-state index in [9.17, 15) is 9.59 Å². The van der Waals surface area contributed by atoms with Crippen molar-refractivity contribution in [3.05, 3.63) is 48.0 Å². The molecular weight excluding hydrogens is 360 g/mol. The number of hydrogen-bond donors (Lipinski definition) is 2. The number of rotatable bonds is 6. The van der Waals surface area contributed by atoms with Gasteiger partial charge in [0.15, 0.2) is 0 Å². The third-order valence-electron chi connectivity index (χ3n) is 4.42. The number of nitrogens with zero attached hydrogens (tertiary/aromatic N) is 4. The predicted octanol–water partition coefficient (Wildman–Crippen LogP) is 1.83. The van der Waals surface area contributed by atoms with E-state index >= 15 is 0 Å². The second-order valence-corrected chi connectivity index (χ2v) is 6.41. The summed E-state index contributed by atoms with van der Waals surface area (Å²) in [4.78, 5) is 38.4. The molecule has 148 valence electrons. The van der Waals surface area contributed by atoms with Crippen LogP contribution < -0.4 is 10.6 Å². The molecule has 0 unspecified atom stereocenters. The quantitative estimate of drug-likeness (QED) is 0.782. The van der Waals surface area contributed by atoms with Gasteiger partial charge in [0.1, 0.15) is 5.69 Å². The molecule has 3 rings (SSSR count). The number of piperidine rings is 1. The van der Waals surface area contributed by atoms with E-state index < -0.39 is 0 Å². The Morgan fingerprint density at radius 2 is 2.07 bits per heavy atom. The van der Waals surface area contributed by atoms with Gasteiger partial charge >= 0.3 is 6.09 Å². The highest BCUT2D eigenvalue weighted by Crippen LogP contribution is 2.12. The van der Waals surface area contributed by atoms with Gasteiger partial charge in [-0.2, -0.15) is 0 Å². The first-order chi connectivity index (χ1) is 13.7. The Bertz CT molecular complexity index is 793. The number of nitrogens with one attached hydrogen (secondary N) is 2. The van der Waals surface area contributed by atoms with Crippen LogP contribution in [0.25, 0.3) is 0 Å². The van der Waals surface area contributed by atoms with Crippen molar-refractivity contribution < 1.29 is 14.3 Å². The van der Waals surface area contributed by atoms with E-state index in [0.717, 1.165) is 5.56 Å². The van der Waals surface area contributed by atoms with Crippen molar-refractivity contribution >= 4 is 17.9 Å². The van der Waals surface area contributed by atoms with Crippen molar-refractivity contribution in [3.63, 3.8) is 0 Å². The first kappa shape index (κ1) is 19.5. The number of carbonyl (C=O) groups is 2.